The van der Waals surface area contributed by atoms with Gasteiger partial charge in [-0.25, -0.2) is 0 Å². The molecule has 1 atom stereocenters. The van der Waals surface area contributed by atoms with E-state index in [1.807, 2.05) is 0 Å². The highest BCUT2D eigenvalue weighted by Gasteiger charge is 2.24. The summed E-state index contributed by atoms with van der Waals surface area (Å²) in [6.07, 6.45) is 1.19. The molecule has 0 aliphatic carbocycles. The Hall–Kier alpha value is -0.980. The SMILES string of the molecule is CC1Cc2cc(C(C)(C)C)ccc2N1C. The van der Waals surface area contributed by atoms with Crippen LogP contribution in [0.1, 0.15) is 38.8 Å². The molecule has 0 saturated carbocycles. The summed E-state index contributed by atoms with van der Waals surface area (Å²) in [4.78, 5) is 2.38. The average molecular weight is 203 g/mol. The molecule has 0 amide bonds. The van der Waals surface area contributed by atoms with E-state index in [2.05, 4.69) is 57.8 Å². The summed E-state index contributed by atoms with van der Waals surface area (Å²) < 4.78 is 0. The Labute approximate surface area is 93.1 Å². The number of anilines is 1. The molecule has 1 aliphatic heterocycles. The number of benzene rings is 1. The lowest BCUT2D eigenvalue weighted by molar-refractivity contribution is 0.589. The molecule has 2 rings (SSSR count). The molecule has 1 heterocycles. The van der Waals surface area contributed by atoms with Crippen LogP contribution in [-0.4, -0.2) is 13.1 Å². The third-order valence-corrected chi connectivity index (χ3v) is 3.50. The van der Waals surface area contributed by atoms with Crippen molar-refractivity contribution < 1.29 is 0 Å². The first-order valence-corrected chi connectivity index (χ1v) is 5.76. The van der Waals surface area contributed by atoms with Gasteiger partial charge in [-0.15, -0.1) is 0 Å². The molecule has 0 spiro atoms. The highest BCUT2D eigenvalue weighted by atomic mass is 15.1. The first-order chi connectivity index (χ1) is 6.89. The maximum atomic E-state index is 2.38. The largest absolute Gasteiger partial charge is 0.371 e. The predicted octanol–water partition coefficient (Wildman–Crippen LogP) is 3.36. The van der Waals surface area contributed by atoms with Gasteiger partial charge in [0.25, 0.3) is 0 Å². The fourth-order valence-corrected chi connectivity index (χ4v) is 2.25. The Bertz CT molecular complexity index is 373. The molecule has 0 fully saturated rings. The Morgan fingerprint density at radius 2 is 1.93 bits per heavy atom. The standard InChI is InChI=1S/C14H21N/c1-10-8-11-9-12(14(2,3)4)6-7-13(11)15(10)5/h6-7,9-10H,8H2,1-5H3. The highest BCUT2D eigenvalue weighted by Crippen LogP contribution is 2.34. The van der Waals surface area contributed by atoms with Gasteiger partial charge in [0.2, 0.25) is 0 Å². The lowest BCUT2D eigenvalue weighted by Gasteiger charge is -2.21. The van der Waals surface area contributed by atoms with E-state index in [0.717, 1.165) is 0 Å². The molecule has 1 nitrogen and oxygen atoms in total. The van der Waals surface area contributed by atoms with Gasteiger partial charge in [-0.3, -0.25) is 0 Å². The van der Waals surface area contributed by atoms with Crippen LogP contribution in [0.25, 0.3) is 0 Å². The summed E-state index contributed by atoms with van der Waals surface area (Å²) in [5.41, 5.74) is 4.64. The van der Waals surface area contributed by atoms with E-state index >= 15 is 0 Å². The van der Waals surface area contributed by atoms with E-state index in [4.69, 9.17) is 0 Å². The van der Waals surface area contributed by atoms with Crippen molar-refractivity contribution in [3.05, 3.63) is 29.3 Å². The topological polar surface area (TPSA) is 3.24 Å². The molecule has 0 saturated heterocycles. The molecule has 1 aromatic carbocycles. The molecular formula is C14H21N. The van der Waals surface area contributed by atoms with Crippen LogP contribution >= 0.6 is 0 Å². The van der Waals surface area contributed by atoms with E-state index in [9.17, 15) is 0 Å². The van der Waals surface area contributed by atoms with Gasteiger partial charge in [0.05, 0.1) is 0 Å². The van der Waals surface area contributed by atoms with Gasteiger partial charge < -0.3 is 4.90 Å². The fraction of sp³-hybridized carbons (Fsp3) is 0.571. The summed E-state index contributed by atoms with van der Waals surface area (Å²) in [7, 11) is 2.19. The number of rotatable bonds is 0. The summed E-state index contributed by atoms with van der Waals surface area (Å²) in [5.74, 6) is 0. The Morgan fingerprint density at radius 3 is 2.53 bits per heavy atom. The van der Waals surface area contributed by atoms with Crippen LogP contribution in [0.4, 0.5) is 5.69 Å². The van der Waals surface area contributed by atoms with Crippen molar-refractivity contribution >= 4 is 5.69 Å². The van der Waals surface area contributed by atoms with Crippen LogP contribution in [0.5, 0.6) is 0 Å². The van der Waals surface area contributed by atoms with Gasteiger partial charge in [-0.1, -0.05) is 32.9 Å². The van der Waals surface area contributed by atoms with E-state index in [-0.39, 0.29) is 5.41 Å². The third-order valence-electron chi connectivity index (χ3n) is 3.50. The number of likely N-dealkylation sites (N-methyl/N-ethyl adjacent to an activating group) is 1. The van der Waals surface area contributed by atoms with Crippen LogP contribution in [0.2, 0.25) is 0 Å². The van der Waals surface area contributed by atoms with Gasteiger partial charge in [0.1, 0.15) is 0 Å². The summed E-state index contributed by atoms with van der Waals surface area (Å²) in [5, 5.41) is 0. The van der Waals surface area contributed by atoms with Crippen molar-refractivity contribution in [3.63, 3.8) is 0 Å². The lowest BCUT2D eigenvalue weighted by atomic mass is 9.86. The van der Waals surface area contributed by atoms with Crippen molar-refractivity contribution in [2.45, 2.75) is 45.6 Å². The maximum absolute atomic E-state index is 2.38. The normalized spacial score (nSPS) is 20.6. The maximum Gasteiger partial charge on any atom is 0.0399 e. The molecule has 1 unspecified atom stereocenters. The van der Waals surface area contributed by atoms with Gasteiger partial charge >= 0.3 is 0 Å². The quantitative estimate of drug-likeness (QED) is 0.625. The predicted molar refractivity (Wildman–Crippen MR) is 66.7 cm³/mol. The van der Waals surface area contributed by atoms with E-state index < -0.39 is 0 Å². The monoisotopic (exact) mass is 203 g/mol. The van der Waals surface area contributed by atoms with E-state index in [1.165, 1.54) is 23.2 Å². The van der Waals surface area contributed by atoms with Gasteiger partial charge in [0.15, 0.2) is 0 Å². The minimum Gasteiger partial charge on any atom is -0.371 e. The number of fused-ring (bicyclic) bond motifs is 1. The van der Waals surface area contributed by atoms with E-state index in [0.29, 0.717) is 6.04 Å². The molecule has 1 aliphatic rings. The minimum absolute atomic E-state index is 0.263. The van der Waals surface area contributed by atoms with Crippen LogP contribution < -0.4 is 4.90 Å². The first-order valence-electron chi connectivity index (χ1n) is 5.76. The lowest BCUT2D eigenvalue weighted by Crippen LogP contribution is -2.23. The zero-order valence-corrected chi connectivity index (χ0v) is 10.5. The van der Waals surface area contributed by atoms with E-state index in [1.54, 1.807) is 0 Å². The van der Waals surface area contributed by atoms with Gasteiger partial charge in [0, 0.05) is 18.8 Å². The molecule has 1 aromatic rings. The molecule has 15 heavy (non-hydrogen) atoms. The molecular weight excluding hydrogens is 182 g/mol. The second-order valence-electron chi connectivity index (χ2n) is 5.76. The van der Waals surface area contributed by atoms with Crippen LogP contribution in [0.3, 0.4) is 0 Å². The molecule has 82 valence electrons. The summed E-state index contributed by atoms with van der Waals surface area (Å²) in [6.45, 7) is 9.11. The van der Waals surface area contributed by atoms with Gasteiger partial charge in [-0.2, -0.15) is 0 Å². The number of hydrogen-bond acceptors (Lipinski definition) is 1. The zero-order chi connectivity index (χ0) is 11.2. The van der Waals surface area contributed by atoms with Crippen molar-refractivity contribution in [1.82, 2.24) is 0 Å². The fourth-order valence-electron chi connectivity index (χ4n) is 2.25. The van der Waals surface area contributed by atoms with Crippen molar-refractivity contribution in [1.29, 1.82) is 0 Å². The molecule has 0 aromatic heterocycles. The van der Waals surface area contributed by atoms with Gasteiger partial charge in [-0.05, 0) is 36.0 Å². The second kappa shape index (κ2) is 3.26. The minimum atomic E-state index is 0.263. The Balaban J connectivity index is 2.42. The number of nitrogens with zero attached hydrogens (tertiary/aromatic N) is 1. The second-order valence-corrected chi connectivity index (χ2v) is 5.76. The van der Waals surface area contributed by atoms with Crippen LogP contribution in [0.15, 0.2) is 18.2 Å². The molecule has 0 bridgehead atoms. The summed E-state index contributed by atoms with van der Waals surface area (Å²) in [6, 6.07) is 7.58. The summed E-state index contributed by atoms with van der Waals surface area (Å²) >= 11 is 0. The Morgan fingerprint density at radius 1 is 1.27 bits per heavy atom. The smallest absolute Gasteiger partial charge is 0.0399 e. The van der Waals surface area contributed by atoms with Crippen LogP contribution in [-0.2, 0) is 11.8 Å². The van der Waals surface area contributed by atoms with Crippen molar-refractivity contribution in [3.8, 4) is 0 Å². The molecule has 1 heteroatoms. The third kappa shape index (κ3) is 1.75. The highest BCUT2D eigenvalue weighted by molar-refractivity contribution is 5.60. The van der Waals surface area contributed by atoms with Crippen LogP contribution in [0, 0.1) is 0 Å². The average Bonchev–Trinajstić information content (AvgIpc) is 2.41. The molecule has 0 radical (unpaired) electrons. The number of hydrogen-bond donors (Lipinski definition) is 0. The zero-order valence-electron chi connectivity index (χ0n) is 10.5. The first kappa shape index (κ1) is 10.5. The molecule has 0 N–H and O–H groups in total. The van der Waals surface area contributed by atoms with Crippen molar-refractivity contribution in [2.75, 3.05) is 11.9 Å². The Kier molecular flexibility index (Phi) is 2.29. The van der Waals surface area contributed by atoms with Crippen molar-refractivity contribution in [2.24, 2.45) is 0 Å².